The van der Waals surface area contributed by atoms with E-state index in [0.717, 1.165) is 5.56 Å². The third-order valence-corrected chi connectivity index (χ3v) is 5.18. The lowest BCUT2D eigenvalue weighted by molar-refractivity contribution is -0.122. The topological polar surface area (TPSA) is 76.7 Å². The Morgan fingerprint density at radius 1 is 1.13 bits per heavy atom. The van der Waals surface area contributed by atoms with Gasteiger partial charge in [-0.2, -0.15) is 0 Å². The van der Waals surface area contributed by atoms with Crippen LogP contribution in [0.25, 0.3) is 0 Å². The SMILES string of the molecule is C[C@@H](OCc1ccccc1)[C@@H](NC(=O)OC(C)(C)C)C(=O)Nc1ccc(Cl)c(Br)c1. The first-order valence-electron chi connectivity index (χ1n) is 9.46. The molecule has 162 valence electrons. The van der Waals surface area contributed by atoms with Gasteiger partial charge in [-0.3, -0.25) is 4.79 Å². The third kappa shape index (κ3) is 7.97. The van der Waals surface area contributed by atoms with E-state index in [2.05, 4.69) is 26.6 Å². The number of halogens is 2. The Bertz CT molecular complexity index is 871. The van der Waals surface area contributed by atoms with Gasteiger partial charge in [0.05, 0.1) is 17.7 Å². The molecule has 2 rings (SSSR count). The first-order valence-corrected chi connectivity index (χ1v) is 10.6. The van der Waals surface area contributed by atoms with E-state index in [-0.39, 0.29) is 0 Å². The number of benzene rings is 2. The summed E-state index contributed by atoms with van der Waals surface area (Å²) in [5.74, 6) is -0.435. The lowest BCUT2D eigenvalue weighted by Crippen LogP contribution is -2.52. The van der Waals surface area contributed by atoms with E-state index in [1.165, 1.54) is 0 Å². The highest BCUT2D eigenvalue weighted by molar-refractivity contribution is 9.10. The van der Waals surface area contributed by atoms with Crippen LogP contribution in [0.5, 0.6) is 0 Å². The fourth-order valence-electron chi connectivity index (χ4n) is 2.52. The molecule has 2 aromatic rings. The number of carbonyl (C=O) groups excluding carboxylic acids is 2. The Kier molecular flexibility index (Phi) is 8.70. The van der Waals surface area contributed by atoms with Gasteiger partial charge in [0.15, 0.2) is 0 Å². The Morgan fingerprint density at radius 2 is 1.80 bits per heavy atom. The average Bonchev–Trinajstić information content (AvgIpc) is 2.66. The highest BCUT2D eigenvalue weighted by atomic mass is 79.9. The second-order valence-corrected chi connectivity index (χ2v) is 9.01. The molecule has 0 saturated heterocycles. The minimum atomic E-state index is -0.974. The second-order valence-electron chi connectivity index (χ2n) is 7.74. The Balaban J connectivity index is 2.12. The van der Waals surface area contributed by atoms with Gasteiger partial charge in [0, 0.05) is 10.2 Å². The van der Waals surface area contributed by atoms with Crippen molar-refractivity contribution >= 4 is 45.2 Å². The van der Waals surface area contributed by atoms with Crippen LogP contribution in [-0.4, -0.2) is 29.7 Å². The number of hydrogen-bond acceptors (Lipinski definition) is 4. The molecule has 0 aliphatic carbocycles. The van der Waals surface area contributed by atoms with Crippen LogP contribution in [0.15, 0.2) is 53.0 Å². The summed E-state index contributed by atoms with van der Waals surface area (Å²) in [7, 11) is 0. The highest BCUT2D eigenvalue weighted by Crippen LogP contribution is 2.25. The molecule has 0 bridgehead atoms. The first-order chi connectivity index (χ1) is 14.0. The maximum Gasteiger partial charge on any atom is 0.408 e. The van der Waals surface area contributed by atoms with Gasteiger partial charge in [-0.05, 0) is 67.4 Å². The molecule has 8 heteroatoms. The van der Waals surface area contributed by atoms with E-state index in [1.807, 2.05) is 30.3 Å². The largest absolute Gasteiger partial charge is 0.444 e. The summed E-state index contributed by atoms with van der Waals surface area (Å²) in [5.41, 5.74) is 0.797. The van der Waals surface area contributed by atoms with Gasteiger partial charge < -0.3 is 20.1 Å². The summed E-state index contributed by atoms with van der Waals surface area (Å²) in [5, 5.41) is 5.92. The molecule has 0 saturated carbocycles. The van der Waals surface area contributed by atoms with Crippen molar-refractivity contribution in [2.24, 2.45) is 0 Å². The zero-order valence-electron chi connectivity index (χ0n) is 17.4. The van der Waals surface area contributed by atoms with Gasteiger partial charge in [-0.25, -0.2) is 4.79 Å². The van der Waals surface area contributed by atoms with Crippen molar-refractivity contribution in [3.63, 3.8) is 0 Å². The average molecular weight is 498 g/mol. The van der Waals surface area contributed by atoms with Gasteiger partial charge in [0.2, 0.25) is 5.91 Å². The monoisotopic (exact) mass is 496 g/mol. The fourth-order valence-corrected chi connectivity index (χ4v) is 3.02. The molecule has 2 aromatic carbocycles. The summed E-state index contributed by atoms with van der Waals surface area (Å²) in [6, 6.07) is 13.6. The normalized spacial score (nSPS) is 13.3. The molecule has 0 heterocycles. The molecule has 0 aromatic heterocycles. The second kappa shape index (κ2) is 10.8. The number of amides is 2. The van der Waals surface area contributed by atoms with Gasteiger partial charge in [0.25, 0.3) is 0 Å². The molecule has 0 spiro atoms. The minimum Gasteiger partial charge on any atom is -0.444 e. The molecular weight excluding hydrogens is 472 g/mol. The number of ether oxygens (including phenoxy) is 2. The van der Waals surface area contributed by atoms with Crippen molar-refractivity contribution < 1.29 is 19.1 Å². The summed E-state index contributed by atoms with van der Waals surface area (Å²) < 4.78 is 11.8. The van der Waals surface area contributed by atoms with Crippen LogP contribution >= 0.6 is 27.5 Å². The predicted octanol–water partition coefficient (Wildman–Crippen LogP) is 5.54. The molecule has 0 aliphatic heterocycles. The zero-order chi connectivity index (χ0) is 22.3. The smallest absolute Gasteiger partial charge is 0.408 e. The quantitative estimate of drug-likeness (QED) is 0.526. The summed E-state index contributed by atoms with van der Waals surface area (Å²) in [6.07, 6.45) is -1.32. The van der Waals surface area contributed by atoms with E-state index < -0.39 is 29.7 Å². The van der Waals surface area contributed by atoms with Gasteiger partial charge in [-0.1, -0.05) is 41.9 Å². The van der Waals surface area contributed by atoms with E-state index >= 15 is 0 Å². The lowest BCUT2D eigenvalue weighted by atomic mass is 10.1. The maximum atomic E-state index is 13.0. The van der Waals surface area contributed by atoms with Crippen molar-refractivity contribution in [3.8, 4) is 0 Å². The molecule has 2 N–H and O–H groups in total. The van der Waals surface area contributed by atoms with Crippen LogP contribution in [0.1, 0.15) is 33.3 Å². The Morgan fingerprint density at radius 3 is 2.40 bits per heavy atom. The summed E-state index contributed by atoms with van der Waals surface area (Å²) in [4.78, 5) is 25.3. The van der Waals surface area contributed by atoms with E-state index in [0.29, 0.717) is 21.8 Å². The van der Waals surface area contributed by atoms with Gasteiger partial charge in [0.1, 0.15) is 11.6 Å². The highest BCUT2D eigenvalue weighted by Gasteiger charge is 2.30. The van der Waals surface area contributed by atoms with Crippen LogP contribution in [-0.2, 0) is 20.9 Å². The third-order valence-electron chi connectivity index (χ3n) is 3.97. The van der Waals surface area contributed by atoms with Crippen molar-refractivity contribution in [1.29, 1.82) is 0 Å². The molecule has 0 aliphatic rings. The molecule has 2 amide bonds. The standard InChI is InChI=1S/C22H26BrClN2O4/c1-14(29-13-15-8-6-5-7-9-15)19(26-21(28)30-22(2,3)4)20(27)25-16-10-11-18(24)17(23)12-16/h5-12,14,19H,13H2,1-4H3,(H,25,27)(H,26,28)/t14-,19-/m1/s1. The van der Waals surface area contributed by atoms with Gasteiger partial charge in [-0.15, -0.1) is 0 Å². The number of hydrogen-bond donors (Lipinski definition) is 2. The van der Waals surface area contributed by atoms with Crippen LogP contribution in [0.4, 0.5) is 10.5 Å². The Hall–Kier alpha value is -2.09. The number of alkyl carbamates (subject to hydrolysis) is 1. The molecule has 0 unspecified atom stereocenters. The summed E-state index contributed by atoms with van der Waals surface area (Å²) >= 11 is 9.34. The first kappa shape index (κ1) is 24.2. The molecule has 0 fully saturated rings. The number of nitrogens with one attached hydrogen (secondary N) is 2. The van der Waals surface area contributed by atoms with Crippen LogP contribution < -0.4 is 10.6 Å². The zero-order valence-corrected chi connectivity index (χ0v) is 19.7. The number of anilines is 1. The van der Waals surface area contributed by atoms with Crippen LogP contribution in [0.3, 0.4) is 0 Å². The minimum absolute atomic E-state index is 0.300. The molecular formula is C22H26BrClN2O4. The van der Waals surface area contributed by atoms with E-state index in [1.54, 1.807) is 45.9 Å². The van der Waals surface area contributed by atoms with Crippen LogP contribution in [0, 0.1) is 0 Å². The van der Waals surface area contributed by atoms with E-state index in [4.69, 9.17) is 21.1 Å². The van der Waals surface area contributed by atoms with Crippen molar-refractivity contribution in [2.75, 3.05) is 5.32 Å². The van der Waals surface area contributed by atoms with E-state index in [9.17, 15) is 9.59 Å². The molecule has 0 radical (unpaired) electrons. The molecule has 2 atom stereocenters. The van der Waals surface area contributed by atoms with Crippen molar-refractivity contribution in [1.82, 2.24) is 5.32 Å². The number of carbonyl (C=O) groups is 2. The maximum absolute atomic E-state index is 13.0. The lowest BCUT2D eigenvalue weighted by Gasteiger charge is -2.27. The van der Waals surface area contributed by atoms with Crippen molar-refractivity contribution in [2.45, 2.75) is 52.0 Å². The van der Waals surface area contributed by atoms with Gasteiger partial charge >= 0.3 is 6.09 Å². The molecule has 30 heavy (non-hydrogen) atoms. The predicted molar refractivity (Wildman–Crippen MR) is 122 cm³/mol. The Labute approximate surface area is 190 Å². The fraction of sp³-hybridized carbons (Fsp3) is 0.364. The summed E-state index contributed by atoms with van der Waals surface area (Å²) in [6.45, 7) is 7.28. The molecule has 6 nitrogen and oxygen atoms in total. The van der Waals surface area contributed by atoms with Crippen LogP contribution in [0.2, 0.25) is 5.02 Å². The van der Waals surface area contributed by atoms with Crippen molar-refractivity contribution in [3.05, 3.63) is 63.6 Å². The number of rotatable bonds is 7.